The van der Waals surface area contributed by atoms with Crippen LogP contribution in [-0.4, -0.2) is 18.9 Å². The van der Waals surface area contributed by atoms with Gasteiger partial charge in [-0.2, -0.15) is 0 Å². The minimum Gasteiger partial charge on any atom is -0.495 e. The Kier molecular flexibility index (Phi) is 4.04. The Bertz CT molecular complexity index is 802. The molecular formula is C21H21NO3. The van der Waals surface area contributed by atoms with Gasteiger partial charge in [-0.3, -0.25) is 9.59 Å². The number of carbonyl (C=O) groups excluding carboxylic acids is 2. The van der Waals surface area contributed by atoms with Gasteiger partial charge in [0, 0.05) is 0 Å². The number of hydrogen-bond acceptors (Lipinski definition) is 3. The minimum atomic E-state index is -0.226. The molecule has 0 N–H and O–H groups in total. The second kappa shape index (κ2) is 6.36. The number of rotatable bonds is 3. The summed E-state index contributed by atoms with van der Waals surface area (Å²) in [5.41, 5.74) is 1.82. The van der Waals surface area contributed by atoms with Gasteiger partial charge in [0.25, 0.3) is 0 Å². The normalized spacial score (nSPS) is 25.8. The maximum Gasteiger partial charge on any atom is 0.237 e. The molecule has 4 heteroatoms. The van der Waals surface area contributed by atoms with Crippen molar-refractivity contribution in [1.82, 2.24) is 0 Å². The molecule has 1 heterocycles. The average molecular weight is 335 g/mol. The molecule has 0 bridgehead atoms. The SMILES string of the molecule is COc1ccccc1N1C(=O)[C@H]2CC[C@@H](c3ccccc3)C[C@@H]2C1=O. The van der Waals surface area contributed by atoms with Crippen LogP contribution < -0.4 is 9.64 Å². The van der Waals surface area contributed by atoms with Gasteiger partial charge in [0.1, 0.15) is 5.75 Å². The Morgan fingerprint density at radius 1 is 0.880 bits per heavy atom. The summed E-state index contributed by atoms with van der Waals surface area (Å²) in [5, 5.41) is 0. The standard InChI is InChI=1S/C21H21NO3/c1-25-19-10-6-5-9-18(19)22-20(23)16-12-11-15(13-17(16)21(22)24)14-7-3-2-4-8-14/h2-10,15-17H,11-13H2,1H3/t15-,16+,17+/m1/s1. The van der Waals surface area contributed by atoms with Crippen LogP contribution in [0.2, 0.25) is 0 Å². The molecule has 2 aromatic carbocycles. The first-order chi connectivity index (χ1) is 12.2. The second-order valence-corrected chi connectivity index (χ2v) is 6.82. The Labute approximate surface area is 147 Å². The maximum absolute atomic E-state index is 13.0. The van der Waals surface area contributed by atoms with Crippen LogP contribution in [0.1, 0.15) is 30.7 Å². The van der Waals surface area contributed by atoms with Crippen LogP contribution >= 0.6 is 0 Å². The minimum absolute atomic E-state index is 0.0778. The van der Waals surface area contributed by atoms with E-state index in [1.807, 2.05) is 30.3 Å². The molecule has 3 atom stereocenters. The molecule has 128 valence electrons. The zero-order valence-corrected chi connectivity index (χ0v) is 14.2. The molecule has 4 nitrogen and oxygen atoms in total. The summed E-state index contributed by atoms with van der Waals surface area (Å²) in [5.74, 6) is 0.319. The summed E-state index contributed by atoms with van der Waals surface area (Å²) in [6.45, 7) is 0. The van der Waals surface area contributed by atoms with E-state index >= 15 is 0 Å². The molecule has 25 heavy (non-hydrogen) atoms. The van der Waals surface area contributed by atoms with E-state index in [0.717, 1.165) is 19.3 Å². The zero-order valence-electron chi connectivity index (χ0n) is 14.2. The van der Waals surface area contributed by atoms with Crippen LogP contribution in [0, 0.1) is 11.8 Å². The topological polar surface area (TPSA) is 46.6 Å². The van der Waals surface area contributed by atoms with E-state index in [4.69, 9.17) is 4.74 Å². The Balaban J connectivity index is 1.63. The lowest BCUT2D eigenvalue weighted by molar-refractivity contribution is -0.122. The van der Waals surface area contributed by atoms with Crippen LogP contribution in [0.3, 0.4) is 0 Å². The van der Waals surface area contributed by atoms with E-state index in [-0.39, 0.29) is 23.7 Å². The number of nitrogens with zero attached hydrogens (tertiary/aromatic N) is 1. The summed E-state index contributed by atoms with van der Waals surface area (Å²) >= 11 is 0. The molecule has 2 aromatic rings. The van der Waals surface area contributed by atoms with Crippen LogP contribution in [0.4, 0.5) is 5.69 Å². The van der Waals surface area contributed by atoms with Gasteiger partial charge in [-0.05, 0) is 42.9 Å². The van der Waals surface area contributed by atoms with E-state index < -0.39 is 0 Å². The quantitative estimate of drug-likeness (QED) is 0.802. The number of imide groups is 1. The third kappa shape index (κ3) is 2.62. The number of amides is 2. The fraction of sp³-hybridized carbons (Fsp3) is 0.333. The molecule has 4 rings (SSSR count). The molecule has 0 spiro atoms. The molecule has 1 aliphatic carbocycles. The van der Waals surface area contributed by atoms with E-state index in [9.17, 15) is 9.59 Å². The van der Waals surface area contributed by atoms with Gasteiger partial charge >= 0.3 is 0 Å². The highest BCUT2D eigenvalue weighted by atomic mass is 16.5. The molecule has 0 aromatic heterocycles. The van der Waals surface area contributed by atoms with Crippen molar-refractivity contribution >= 4 is 17.5 Å². The van der Waals surface area contributed by atoms with Gasteiger partial charge in [-0.15, -0.1) is 0 Å². The van der Waals surface area contributed by atoms with Gasteiger partial charge in [0.15, 0.2) is 0 Å². The summed E-state index contributed by atoms with van der Waals surface area (Å²) in [6.07, 6.45) is 2.45. The van der Waals surface area contributed by atoms with Crippen molar-refractivity contribution in [2.24, 2.45) is 11.8 Å². The van der Waals surface area contributed by atoms with Gasteiger partial charge in [-0.25, -0.2) is 4.90 Å². The number of fused-ring (bicyclic) bond motifs is 1. The van der Waals surface area contributed by atoms with Crippen molar-refractivity contribution in [3.8, 4) is 5.75 Å². The van der Waals surface area contributed by atoms with Crippen LogP contribution in [0.15, 0.2) is 54.6 Å². The number of methoxy groups -OCH3 is 1. The average Bonchev–Trinajstić information content (AvgIpc) is 2.92. The van der Waals surface area contributed by atoms with Gasteiger partial charge < -0.3 is 4.74 Å². The Morgan fingerprint density at radius 3 is 2.32 bits per heavy atom. The second-order valence-electron chi connectivity index (χ2n) is 6.82. The number of carbonyl (C=O) groups is 2. The molecule has 1 saturated heterocycles. The number of para-hydroxylation sites is 2. The predicted molar refractivity (Wildman–Crippen MR) is 95.5 cm³/mol. The first-order valence-electron chi connectivity index (χ1n) is 8.76. The fourth-order valence-corrected chi connectivity index (χ4v) is 4.26. The summed E-state index contributed by atoms with van der Waals surface area (Å²) in [6, 6.07) is 17.5. The maximum atomic E-state index is 13.0. The molecule has 1 saturated carbocycles. The van der Waals surface area contributed by atoms with Crippen LogP contribution in [0.25, 0.3) is 0 Å². The number of anilines is 1. The largest absolute Gasteiger partial charge is 0.495 e. The van der Waals surface area contributed by atoms with Crippen LogP contribution in [0.5, 0.6) is 5.75 Å². The molecule has 1 aliphatic heterocycles. The van der Waals surface area contributed by atoms with Gasteiger partial charge in [0.05, 0.1) is 24.6 Å². The molecular weight excluding hydrogens is 314 g/mol. The lowest BCUT2D eigenvalue weighted by Crippen LogP contribution is -2.31. The lowest BCUT2D eigenvalue weighted by Gasteiger charge is -2.28. The third-order valence-corrected chi connectivity index (χ3v) is 5.52. The van der Waals surface area contributed by atoms with E-state index in [2.05, 4.69) is 12.1 Å². The monoisotopic (exact) mass is 335 g/mol. The molecule has 2 amide bonds. The first-order valence-corrected chi connectivity index (χ1v) is 8.76. The van der Waals surface area contributed by atoms with E-state index in [1.54, 1.807) is 19.2 Å². The first kappa shape index (κ1) is 15.9. The van der Waals surface area contributed by atoms with Crippen molar-refractivity contribution in [3.63, 3.8) is 0 Å². The van der Waals surface area contributed by atoms with E-state index in [0.29, 0.717) is 17.4 Å². The number of hydrogen-bond donors (Lipinski definition) is 0. The van der Waals surface area contributed by atoms with Crippen molar-refractivity contribution in [3.05, 3.63) is 60.2 Å². The smallest absolute Gasteiger partial charge is 0.237 e. The Hall–Kier alpha value is -2.62. The van der Waals surface area contributed by atoms with Gasteiger partial charge in [-0.1, -0.05) is 42.5 Å². The van der Waals surface area contributed by atoms with Gasteiger partial charge in [0.2, 0.25) is 11.8 Å². The number of ether oxygens (including phenoxy) is 1. The summed E-state index contributed by atoms with van der Waals surface area (Å²) in [4.78, 5) is 27.3. The molecule has 2 aliphatic rings. The predicted octanol–water partition coefficient (Wildman–Crippen LogP) is 3.77. The lowest BCUT2D eigenvalue weighted by atomic mass is 9.73. The van der Waals surface area contributed by atoms with Crippen molar-refractivity contribution in [1.29, 1.82) is 0 Å². The van der Waals surface area contributed by atoms with Crippen molar-refractivity contribution < 1.29 is 14.3 Å². The molecule has 0 radical (unpaired) electrons. The number of benzene rings is 2. The Morgan fingerprint density at radius 2 is 1.56 bits per heavy atom. The highest BCUT2D eigenvalue weighted by Crippen LogP contribution is 2.46. The van der Waals surface area contributed by atoms with Crippen molar-refractivity contribution in [2.75, 3.05) is 12.0 Å². The molecule has 2 fully saturated rings. The van der Waals surface area contributed by atoms with Crippen LogP contribution in [-0.2, 0) is 9.59 Å². The summed E-state index contributed by atoms with van der Waals surface area (Å²) in [7, 11) is 1.56. The fourth-order valence-electron chi connectivity index (χ4n) is 4.26. The third-order valence-electron chi connectivity index (χ3n) is 5.52. The summed E-state index contributed by atoms with van der Waals surface area (Å²) < 4.78 is 5.35. The highest BCUT2D eigenvalue weighted by Gasteiger charge is 2.51. The highest BCUT2D eigenvalue weighted by molar-refractivity contribution is 6.22. The van der Waals surface area contributed by atoms with Crippen molar-refractivity contribution in [2.45, 2.75) is 25.2 Å². The zero-order chi connectivity index (χ0) is 17.4. The molecule has 0 unspecified atom stereocenters. The van der Waals surface area contributed by atoms with E-state index in [1.165, 1.54) is 10.5 Å².